The summed E-state index contributed by atoms with van der Waals surface area (Å²) in [6.45, 7) is 5.41. The minimum atomic E-state index is -0.642. The van der Waals surface area contributed by atoms with Crippen LogP contribution in [0.5, 0.6) is 0 Å². The Hall–Kier alpha value is -3.46. The van der Waals surface area contributed by atoms with Gasteiger partial charge in [-0.25, -0.2) is 9.59 Å². The van der Waals surface area contributed by atoms with Crippen molar-refractivity contribution in [2.75, 3.05) is 10.6 Å². The molecule has 6 nitrogen and oxygen atoms in total. The SMILES string of the molecule is CC(C)(C)OC(=O)Nc1ccc(C#Cc2ccccc2NC(N)=O)cc1. The highest BCUT2D eigenvalue weighted by Crippen LogP contribution is 2.15. The van der Waals surface area contributed by atoms with Crippen molar-refractivity contribution >= 4 is 23.5 Å². The van der Waals surface area contributed by atoms with Crippen LogP contribution >= 0.6 is 0 Å². The molecule has 6 heteroatoms. The van der Waals surface area contributed by atoms with Crippen molar-refractivity contribution in [1.29, 1.82) is 0 Å². The van der Waals surface area contributed by atoms with E-state index in [-0.39, 0.29) is 0 Å². The van der Waals surface area contributed by atoms with Crippen LogP contribution in [0.4, 0.5) is 21.0 Å². The lowest BCUT2D eigenvalue weighted by Gasteiger charge is -2.19. The van der Waals surface area contributed by atoms with Crippen LogP contribution in [0.1, 0.15) is 31.9 Å². The third kappa shape index (κ3) is 6.21. The van der Waals surface area contributed by atoms with Crippen molar-refractivity contribution in [3.8, 4) is 11.8 Å². The van der Waals surface area contributed by atoms with Gasteiger partial charge in [0.05, 0.1) is 5.69 Å². The average molecular weight is 351 g/mol. The first-order valence-electron chi connectivity index (χ1n) is 8.00. The lowest BCUT2D eigenvalue weighted by Crippen LogP contribution is -2.27. The molecule has 0 aliphatic heterocycles. The number of hydrogen-bond acceptors (Lipinski definition) is 3. The highest BCUT2D eigenvalue weighted by molar-refractivity contribution is 5.89. The number of benzene rings is 2. The molecule has 0 aromatic heterocycles. The standard InChI is InChI=1S/C20H21N3O3/c1-20(2,3)26-19(25)22-16-12-9-14(10-13-16)8-11-15-6-4-5-7-17(15)23-18(21)24/h4-7,9-10,12-13H,1-3H3,(H,22,25)(H3,21,23,24). The number of nitrogens with one attached hydrogen (secondary N) is 2. The molecule has 0 aliphatic rings. The Bertz CT molecular complexity index is 856. The number of carbonyl (C=O) groups is 2. The van der Waals surface area contributed by atoms with Crippen LogP contribution in [0.2, 0.25) is 0 Å². The Labute approximate surface area is 152 Å². The second kappa shape index (κ2) is 8.08. The summed E-state index contributed by atoms with van der Waals surface area (Å²) in [7, 11) is 0. The lowest BCUT2D eigenvalue weighted by molar-refractivity contribution is 0.0636. The van der Waals surface area contributed by atoms with E-state index in [0.717, 1.165) is 5.56 Å². The molecule has 0 atom stereocenters. The molecule has 0 aliphatic carbocycles. The summed E-state index contributed by atoms with van der Waals surface area (Å²) in [6.07, 6.45) is -0.511. The first kappa shape index (κ1) is 18.9. The van der Waals surface area contributed by atoms with E-state index in [4.69, 9.17) is 10.5 Å². The van der Waals surface area contributed by atoms with Gasteiger partial charge in [0.1, 0.15) is 5.60 Å². The van der Waals surface area contributed by atoms with Gasteiger partial charge in [0.15, 0.2) is 0 Å². The predicted molar refractivity (Wildman–Crippen MR) is 102 cm³/mol. The monoisotopic (exact) mass is 351 g/mol. The molecule has 0 saturated carbocycles. The fraction of sp³-hybridized carbons (Fsp3) is 0.200. The Kier molecular flexibility index (Phi) is 5.86. The molecule has 2 aromatic carbocycles. The van der Waals surface area contributed by atoms with Crippen LogP contribution < -0.4 is 16.4 Å². The molecule has 0 bridgehead atoms. The van der Waals surface area contributed by atoms with Crippen molar-refractivity contribution in [3.63, 3.8) is 0 Å². The molecule has 134 valence electrons. The van der Waals surface area contributed by atoms with Gasteiger partial charge < -0.3 is 15.8 Å². The number of ether oxygens (including phenoxy) is 1. The Morgan fingerprint density at radius 2 is 1.62 bits per heavy atom. The predicted octanol–water partition coefficient (Wildman–Crippen LogP) is 3.92. The number of rotatable bonds is 2. The molecule has 0 saturated heterocycles. The molecule has 3 amide bonds. The molecule has 0 spiro atoms. The molecule has 4 N–H and O–H groups in total. The van der Waals surface area contributed by atoms with Crippen LogP contribution in [0.3, 0.4) is 0 Å². The van der Waals surface area contributed by atoms with Crippen molar-refractivity contribution < 1.29 is 14.3 Å². The highest BCUT2D eigenvalue weighted by atomic mass is 16.6. The van der Waals surface area contributed by atoms with E-state index < -0.39 is 17.7 Å². The molecule has 0 fully saturated rings. The first-order valence-corrected chi connectivity index (χ1v) is 8.00. The fourth-order valence-electron chi connectivity index (χ4n) is 2.03. The van der Waals surface area contributed by atoms with Gasteiger partial charge in [-0.05, 0) is 57.2 Å². The normalized spacial score (nSPS) is 10.3. The number of carbonyl (C=O) groups excluding carboxylic acids is 2. The van der Waals surface area contributed by atoms with E-state index in [2.05, 4.69) is 22.5 Å². The smallest absolute Gasteiger partial charge is 0.412 e. The zero-order valence-electron chi connectivity index (χ0n) is 14.9. The van der Waals surface area contributed by atoms with E-state index in [1.807, 2.05) is 6.07 Å². The summed E-state index contributed by atoms with van der Waals surface area (Å²) < 4.78 is 5.20. The number of hydrogen-bond donors (Lipinski definition) is 3. The van der Waals surface area contributed by atoms with Gasteiger partial charge in [-0.3, -0.25) is 5.32 Å². The largest absolute Gasteiger partial charge is 0.444 e. The number of para-hydroxylation sites is 1. The van der Waals surface area contributed by atoms with Crippen molar-refractivity contribution in [1.82, 2.24) is 0 Å². The molecule has 0 heterocycles. The molecule has 2 rings (SSSR count). The second-order valence-corrected chi connectivity index (χ2v) is 6.49. The zero-order valence-corrected chi connectivity index (χ0v) is 14.9. The fourth-order valence-corrected chi connectivity index (χ4v) is 2.03. The third-order valence-corrected chi connectivity index (χ3v) is 3.06. The van der Waals surface area contributed by atoms with Crippen LogP contribution in [-0.2, 0) is 4.74 Å². The summed E-state index contributed by atoms with van der Waals surface area (Å²) in [5.74, 6) is 6.00. The van der Waals surface area contributed by atoms with E-state index >= 15 is 0 Å². The van der Waals surface area contributed by atoms with Gasteiger partial charge in [-0.1, -0.05) is 24.0 Å². The average Bonchev–Trinajstić information content (AvgIpc) is 2.53. The molecule has 26 heavy (non-hydrogen) atoms. The number of urea groups is 1. The quantitative estimate of drug-likeness (QED) is 0.716. The summed E-state index contributed by atoms with van der Waals surface area (Å²) in [6, 6.07) is 13.5. The van der Waals surface area contributed by atoms with E-state index in [9.17, 15) is 9.59 Å². The Balaban J connectivity index is 2.08. The van der Waals surface area contributed by atoms with Crippen molar-refractivity contribution in [3.05, 3.63) is 59.7 Å². The van der Waals surface area contributed by atoms with E-state index in [1.54, 1.807) is 63.2 Å². The Morgan fingerprint density at radius 1 is 0.962 bits per heavy atom. The van der Waals surface area contributed by atoms with Crippen LogP contribution in [0.15, 0.2) is 48.5 Å². The van der Waals surface area contributed by atoms with Crippen molar-refractivity contribution in [2.24, 2.45) is 5.73 Å². The maximum atomic E-state index is 11.7. The van der Waals surface area contributed by atoms with Gasteiger partial charge in [-0.15, -0.1) is 0 Å². The van der Waals surface area contributed by atoms with Gasteiger partial charge in [0.2, 0.25) is 0 Å². The minimum absolute atomic E-state index is 0.511. The Morgan fingerprint density at radius 3 is 2.23 bits per heavy atom. The molecular weight excluding hydrogens is 330 g/mol. The molecular formula is C20H21N3O3. The van der Waals surface area contributed by atoms with Crippen molar-refractivity contribution in [2.45, 2.75) is 26.4 Å². The van der Waals surface area contributed by atoms with Gasteiger partial charge in [0.25, 0.3) is 0 Å². The van der Waals surface area contributed by atoms with E-state index in [1.165, 1.54) is 0 Å². The topological polar surface area (TPSA) is 93.4 Å². The zero-order chi connectivity index (χ0) is 19.2. The maximum absolute atomic E-state index is 11.7. The van der Waals surface area contributed by atoms with Gasteiger partial charge in [-0.2, -0.15) is 0 Å². The number of anilines is 2. The molecule has 2 aromatic rings. The number of nitrogens with two attached hydrogens (primary N) is 1. The first-order chi connectivity index (χ1) is 12.2. The van der Waals surface area contributed by atoms with Gasteiger partial charge in [0, 0.05) is 16.8 Å². The minimum Gasteiger partial charge on any atom is -0.444 e. The summed E-state index contributed by atoms with van der Waals surface area (Å²) in [5, 5.41) is 5.19. The number of amides is 3. The van der Waals surface area contributed by atoms with Crippen LogP contribution in [0.25, 0.3) is 0 Å². The van der Waals surface area contributed by atoms with E-state index in [0.29, 0.717) is 16.9 Å². The van der Waals surface area contributed by atoms with Crippen LogP contribution in [-0.4, -0.2) is 17.7 Å². The third-order valence-electron chi connectivity index (χ3n) is 3.06. The molecule has 0 unspecified atom stereocenters. The summed E-state index contributed by atoms with van der Waals surface area (Å²) >= 11 is 0. The molecule has 0 radical (unpaired) electrons. The highest BCUT2D eigenvalue weighted by Gasteiger charge is 2.15. The lowest BCUT2D eigenvalue weighted by atomic mass is 10.1. The maximum Gasteiger partial charge on any atom is 0.412 e. The second-order valence-electron chi connectivity index (χ2n) is 6.49. The van der Waals surface area contributed by atoms with Gasteiger partial charge >= 0.3 is 12.1 Å². The summed E-state index contributed by atoms with van der Waals surface area (Å²) in [5.41, 5.74) is 7.17. The summed E-state index contributed by atoms with van der Waals surface area (Å²) in [4.78, 5) is 22.8. The van der Waals surface area contributed by atoms with Crippen LogP contribution in [0, 0.1) is 11.8 Å². The number of primary amides is 1.